The highest BCUT2D eigenvalue weighted by Gasteiger charge is 2.27. The van der Waals surface area contributed by atoms with E-state index in [1.165, 1.54) is 22.3 Å². The van der Waals surface area contributed by atoms with Gasteiger partial charge in [0.15, 0.2) is 6.10 Å². The van der Waals surface area contributed by atoms with Gasteiger partial charge in [0.2, 0.25) is 0 Å². The van der Waals surface area contributed by atoms with E-state index in [9.17, 15) is 9.90 Å². The number of carbonyl (C=O) groups is 1. The molecule has 4 nitrogen and oxygen atoms in total. The van der Waals surface area contributed by atoms with Crippen LogP contribution in [0.1, 0.15) is 42.4 Å². The predicted molar refractivity (Wildman–Crippen MR) is 122 cm³/mol. The van der Waals surface area contributed by atoms with Gasteiger partial charge in [-0.15, -0.1) is 0 Å². The van der Waals surface area contributed by atoms with E-state index in [4.69, 9.17) is 9.47 Å². The second-order valence-corrected chi connectivity index (χ2v) is 7.91. The molecular formula is C27H28O4. The van der Waals surface area contributed by atoms with Crippen molar-refractivity contribution < 1.29 is 19.4 Å². The van der Waals surface area contributed by atoms with Gasteiger partial charge >= 0.3 is 5.97 Å². The van der Waals surface area contributed by atoms with Crippen LogP contribution in [0, 0.1) is 0 Å². The summed E-state index contributed by atoms with van der Waals surface area (Å²) < 4.78 is 11.5. The lowest BCUT2D eigenvalue weighted by molar-refractivity contribution is -0.150. The molecule has 1 atom stereocenters. The van der Waals surface area contributed by atoms with Gasteiger partial charge in [-0.1, -0.05) is 67.6 Å². The quantitative estimate of drug-likeness (QED) is 0.461. The number of fused-ring (bicyclic) bond motifs is 3. The van der Waals surface area contributed by atoms with E-state index in [-0.39, 0.29) is 0 Å². The summed E-state index contributed by atoms with van der Waals surface area (Å²) in [4.78, 5) is 11.4. The lowest BCUT2D eigenvalue weighted by atomic mass is 9.94. The molecule has 0 saturated heterocycles. The Morgan fingerprint density at radius 3 is 2.10 bits per heavy atom. The monoisotopic (exact) mass is 416 g/mol. The summed E-state index contributed by atoms with van der Waals surface area (Å²) in [6.07, 6.45) is 1.24. The van der Waals surface area contributed by atoms with Gasteiger partial charge in [0.25, 0.3) is 0 Å². The number of hydrogen-bond donors (Lipinski definition) is 1. The van der Waals surface area contributed by atoms with Gasteiger partial charge < -0.3 is 14.6 Å². The zero-order valence-electron chi connectivity index (χ0n) is 17.8. The first kappa shape index (κ1) is 21.1. The van der Waals surface area contributed by atoms with E-state index in [2.05, 4.69) is 48.5 Å². The summed E-state index contributed by atoms with van der Waals surface area (Å²) in [6, 6.07) is 24.9. The highest BCUT2D eigenvalue weighted by Crippen LogP contribution is 2.45. The van der Waals surface area contributed by atoms with Gasteiger partial charge in [-0.3, -0.25) is 0 Å². The van der Waals surface area contributed by atoms with Crippen molar-refractivity contribution in [1.29, 1.82) is 0 Å². The maximum Gasteiger partial charge on any atom is 0.333 e. The number of benzene rings is 3. The SMILES string of the molecule is CCCOC(Cc1ccc(OCCC2c3ccccc3-c3ccccc32)cc1)C(=O)O. The molecule has 1 N–H and O–H groups in total. The van der Waals surface area contributed by atoms with Crippen molar-refractivity contribution in [2.24, 2.45) is 0 Å². The van der Waals surface area contributed by atoms with Gasteiger partial charge in [0, 0.05) is 18.9 Å². The first-order valence-corrected chi connectivity index (χ1v) is 10.9. The summed E-state index contributed by atoms with van der Waals surface area (Å²) in [7, 11) is 0. The zero-order valence-corrected chi connectivity index (χ0v) is 17.8. The molecule has 0 fully saturated rings. The second-order valence-electron chi connectivity index (χ2n) is 7.91. The normalized spacial score (nSPS) is 13.5. The highest BCUT2D eigenvalue weighted by molar-refractivity contribution is 5.78. The van der Waals surface area contributed by atoms with Crippen LogP contribution in [0.15, 0.2) is 72.8 Å². The Labute approximate surface area is 183 Å². The van der Waals surface area contributed by atoms with Crippen LogP contribution in [-0.4, -0.2) is 30.4 Å². The van der Waals surface area contributed by atoms with Crippen molar-refractivity contribution in [3.63, 3.8) is 0 Å². The van der Waals surface area contributed by atoms with Crippen molar-refractivity contribution in [2.45, 2.75) is 38.2 Å². The molecule has 0 spiro atoms. The van der Waals surface area contributed by atoms with E-state index < -0.39 is 12.1 Å². The van der Waals surface area contributed by atoms with Gasteiger partial charge in [-0.2, -0.15) is 0 Å². The van der Waals surface area contributed by atoms with Crippen LogP contribution in [0.3, 0.4) is 0 Å². The lowest BCUT2D eigenvalue weighted by Gasteiger charge is -2.15. The fraction of sp³-hybridized carbons (Fsp3) is 0.296. The zero-order chi connectivity index (χ0) is 21.6. The minimum Gasteiger partial charge on any atom is -0.494 e. The predicted octanol–water partition coefficient (Wildman–Crippen LogP) is 5.69. The molecule has 0 bridgehead atoms. The molecule has 1 aliphatic rings. The maximum atomic E-state index is 11.4. The van der Waals surface area contributed by atoms with Crippen LogP contribution >= 0.6 is 0 Å². The summed E-state index contributed by atoms with van der Waals surface area (Å²) >= 11 is 0. The number of rotatable bonds is 10. The van der Waals surface area contributed by atoms with Crippen LogP contribution in [0.4, 0.5) is 0 Å². The van der Waals surface area contributed by atoms with Crippen molar-refractivity contribution >= 4 is 5.97 Å². The first-order chi connectivity index (χ1) is 15.2. The fourth-order valence-corrected chi connectivity index (χ4v) is 4.28. The average molecular weight is 417 g/mol. The second kappa shape index (κ2) is 9.80. The molecule has 0 radical (unpaired) electrons. The molecule has 160 valence electrons. The minimum absolute atomic E-state index is 0.346. The third kappa shape index (κ3) is 4.80. The Hall–Kier alpha value is -3.11. The van der Waals surface area contributed by atoms with Crippen LogP contribution in [0.25, 0.3) is 11.1 Å². The topological polar surface area (TPSA) is 55.8 Å². The van der Waals surface area contributed by atoms with Gasteiger partial charge in [-0.25, -0.2) is 4.79 Å². The molecule has 4 heteroatoms. The van der Waals surface area contributed by atoms with E-state index in [1.807, 2.05) is 31.2 Å². The molecule has 31 heavy (non-hydrogen) atoms. The number of ether oxygens (including phenoxy) is 2. The van der Waals surface area contributed by atoms with Crippen molar-refractivity contribution in [2.75, 3.05) is 13.2 Å². The summed E-state index contributed by atoms with van der Waals surface area (Å²) in [5.74, 6) is 0.217. The number of carboxylic acids is 1. The molecule has 0 aromatic heterocycles. The molecule has 1 aliphatic carbocycles. The van der Waals surface area contributed by atoms with Crippen LogP contribution in [0.2, 0.25) is 0 Å². The van der Waals surface area contributed by atoms with E-state index >= 15 is 0 Å². The minimum atomic E-state index is -0.925. The Kier molecular flexibility index (Phi) is 6.68. The third-order valence-corrected chi connectivity index (χ3v) is 5.78. The van der Waals surface area contributed by atoms with Crippen molar-refractivity contribution in [3.8, 4) is 16.9 Å². The number of aliphatic carboxylic acids is 1. The van der Waals surface area contributed by atoms with Gasteiger partial charge in [0.1, 0.15) is 5.75 Å². The Balaban J connectivity index is 1.36. The molecule has 3 aromatic carbocycles. The van der Waals surface area contributed by atoms with Gasteiger partial charge in [0.05, 0.1) is 6.61 Å². The highest BCUT2D eigenvalue weighted by atomic mass is 16.5. The average Bonchev–Trinajstić information content (AvgIpc) is 3.11. The van der Waals surface area contributed by atoms with Crippen LogP contribution in [0.5, 0.6) is 5.75 Å². The standard InChI is InChI=1S/C27H28O4/c1-2-16-31-26(27(28)29)18-19-11-13-20(14-12-19)30-17-15-25-23-9-5-3-7-21(23)22-8-4-6-10-24(22)25/h3-14,25-26H,2,15-18H2,1H3,(H,28,29). The van der Waals surface area contributed by atoms with Crippen LogP contribution < -0.4 is 4.74 Å². The number of hydrogen-bond acceptors (Lipinski definition) is 3. The fourth-order valence-electron chi connectivity index (χ4n) is 4.28. The smallest absolute Gasteiger partial charge is 0.333 e. The third-order valence-electron chi connectivity index (χ3n) is 5.78. The summed E-state index contributed by atoms with van der Waals surface area (Å²) in [5, 5.41) is 9.33. The van der Waals surface area contributed by atoms with Crippen molar-refractivity contribution in [3.05, 3.63) is 89.5 Å². The largest absolute Gasteiger partial charge is 0.494 e. The van der Waals surface area contributed by atoms with Crippen LogP contribution in [-0.2, 0) is 16.0 Å². The molecule has 0 amide bonds. The molecular weight excluding hydrogens is 388 g/mol. The Morgan fingerprint density at radius 1 is 0.903 bits per heavy atom. The Bertz CT molecular complexity index is 980. The lowest BCUT2D eigenvalue weighted by Crippen LogP contribution is -2.26. The van der Waals surface area contributed by atoms with E-state index in [0.29, 0.717) is 25.6 Å². The van der Waals surface area contributed by atoms with Crippen molar-refractivity contribution in [1.82, 2.24) is 0 Å². The summed E-state index contributed by atoms with van der Waals surface area (Å²) in [6.45, 7) is 3.03. The first-order valence-electron chi connectivity index (χ1n) is 10.9. The molecule has 4 rings (SSSR count). The molecule has 0 saturated carbocycles. The maximum absolute atomic E-state index is 11.4. The molecule has 1 unspecified atom stereocenters. The van der Waals surface area contributed by atoms with E-state index in [1.54, 1.807) is 0 Å². The van der Waals surface area contributed by atoms with Gasteiger partial charge in [-0.05, 0) is 52.8 Å². The molecule has 0 heterocycles. The summed E-state index contributed by atoms with van der Waals surface area (Å²) in [5.41, 5.74) is 6.31. The molecule has 0 aliphatic heterocycles. The molecule has 3 aromatic rings. The van der Waals surface area contributed by atoms with E-state index in [0.717, 1.165) is 24.2 Å². The Morgan fingerprint density at radius 2 is 1.52 bits per heavy atom. The number of carboxylic acid groups (broad SMARTS) is 1.